The van der Waals surface area contributed by atoms with Crippen molar-refractivity contribution in [1.29, 1.82) is 0 Å². The minimum atomic E-state index is -0.00521. The first kappa shape index (κ1) is 7.77. The van der Waals surface area contributed by atoms with Crippen molar-refractivity contribution in [2.45, 2.75) is 13.0 Å². The third-order valence-electron chi connectivity index (χ3n) is 1.22. The van der Waals surface area contributed by atoms with Crippen molar-refractivity contribution in [1.82, 2.24) is 0 Å². The largest absolute Gasteiger partial charge is 0.308 e. The van der Waals surface area contributed by atoms with Gasteiger partial charge in [-0.1, -0.05) is 0 Å². The molecule has 0 radical (unpaired) electrons. The molecule has 0 aliphatic carbocycles. The summed E-state index contributed by atoms with van der Waals surface area (Å²) in [4.78, 5) is 4.54. The summed E-state index contributed by atoms with van der Waals surface area (Å²) in [6.45, 7) is 8.70. The molecule has 1 aromatic heterocycles. The first-order valence-corrected chi connectivity index (χ1v) is 4.52. The number of nitrogens with zero attached hydrogens (tertiary/aromatic N) is 1. The minimum absolute atomic E-state index is 0.00521. The average Bonchev–Trinajstić information content (AvgIpc) is 2.34. The van der Waals surface area contributed by atoms with Crippen molar-refractivity contribution in [2.75, 3.05) is 0 Å². The van der Waals surface area contributed by atoms with Crippen molar-refractivity contribution >= 4 is 27.3 Å². The number of hydrogen-bond donors (Lipinski definition) is 0. The lowest BCUT2D eigenvalue weighted by molar-refractivity contribution is 0.985. The van der Waals surface area contributed by atoms with E-state index >= 15 is 0 Å². The molecule has 0 amide bonds. The summed E-state index contributed by atoms with van der Waals surface area (Å²) in [7, 11) is 0. The molecule has 0 saturated carbocycles. The summed E-state index contributed by atoms with van der Waals surface area (Å²) in [5.74, 6) is 0. The maximum absolute atomic E-state index is 6.79. The van der Waals surface area contributed by atoms with Gasteiger partial charge in [0.25, 0.3) is 6.04 Å². The topological polar surface area (TPSA) is 4.36 Å². The Labute approximate surface area is 72.6 Å². The Morgan fingerprint density at radius 2 is 2.50 bits per heavy atom. The van der Waals surface area contributed by atoms with Crippen LogP contribution in [0.15, 0.2) is 15.9 Å². The summed E-state index contributed by atoms with van der Waals surface area (Å²) in [6, 6.07) is 1.97. The van der Waals surface area contributed by atoms with E-state index in [1.54, 1.807) is 11.3 Å². The van der Waals surface area contributed by atoms with Crippen LogP contribution in [0.3, 0.4) is 0 Å². The smallest absolute Gasteiger partial charge is 0.256 e. The highest BCUT2D eigenvalue weighted by molar-refractivity contribution is 9.10. The monoisotopic (exact) mass is 215 g/mol. The predicted molar refractivity (Wildman–Crippen MR) is 47.0 cm³/mol. The van der Waals surface area contributed by atoms with E-state index < -0.39 is 0 Å². The number of rotatable bonds is 1. The molecule has 0 aromatic carbocycles. The van der Waals surface area contributed by atoms with E-state index in [9.17, 15) is 0 Å². The number of thiophene rings is 1. The van der Waals surface area contributed by atoms with Crippen LogP contribution in [0.4, 0.5) is 0 Å². The van der Waals surface area contributed by atoms with Crippen LogP contribution in [0.2, 0.25) is 0 Å². The van der Waals surface area contributed by atoms with Gasteiger partial charge in [-0.05, 0) is 27.4 Å². The van der Waals surface area contributed by atoms with E-state index in [0.29, 0.717) is 0 Å². The fourth-order valence-electron chi connectivity index (χ4n) is 0.662. The Morgan fingerprint density at radius 1 is 1.80 bits per heavy atom. The lowest BCUT2D eigenvalue weighted by Gasteiger charge is -1.93. The molecular formula is C7H6BrNS. The molecule has 0 bridgehead atoms. The van der Waals surface area contributed by atoms with Crippen LogP contribution in [0.1, 0.15) is 17.8 Å². The van der Waals surface area contributed by atoms with Gasteiger partial charge in [0.15, 0.2) is 0 Å². The summed E-state index contributed by atoms with van der Waals surface area (Å²) in [6.07, 6.45) is 0. The van der Waals surface area contributed by atoms with Crippen LogP contribution in [0, 0.1) is 6.57 Å². The average molecular weight is 216 g/mol. The molecule has 1 atom stereocenters. The van der Waals surface area contributed by atoms with Gasteiger partial charge in [-0.15, -0.1) is 11.3 Å². The Hall–Kier alpha value is -0.330. The lowest BCUT2D eigenvalue weighted by Crippen LogP contribution is -1.80. The summed E-state index contributed by atoms with van der Waals surface area (Å²) in [5, 5.41) is 1.99. The van der Waals surface area contributed by atoms with Crippen molar-refractivity contribution in [2.24, 2.45) is 0 Å². The number of hydrogen-bond acceptors (Lipinski definition) is 1. The van der Waals surface area contributed by atoms with E-state index in [4.69, 9.17) is 6.57 Å². The molecule has 52 valence electrons. The zero-order valence-electron chi connectivity index (χ0n) is 5.47. The summed E-state index contributed by atoms with van der Waals surface area (Å²) in [5.41, 5.74) is 0. The Kier molecular flexibility index (Phi) is 2.47. The summed E-state index contributed by atoms with van der Waals surface area (Å²) < 4.78 is 1.06. The second-order valence-corrected chi connectivity index (χ2v) is 3.74. The molecule has 0 aliphatic heterocycles. The highest BCUT2D eigenvalue weighted by Crippen LogP contribution is 2.30. The van der Waals surface area contributed by atoms with Gasteiger partial charge in [0, 0.05) is 11.4 Å². The van der Waals surface area contributed by atoms with Crippen LogP contribution in [0.5, 0.6) is 0 Å². The first-order chi connectivity index (χ1) is 4.75. The van der Waals surface area contributed by atoms with E-state index in [-0.39, 0.29) is 6.04 Å². The minimum Gasteiger partial charge on any atom is -0.308 e. The maximum atomic E-state index is 6.79. The summed E-state index contributed by atoms with van der Waals surface area (Å²) >= 11 is 5.00. The van der Waals surface area contributed by atoms with Gasteiger partial charge < -0.3 is 4.85 Å². The molecule has 1 unspecified atom stereocenters. The van der Waals surface area contributed by atoms with Gasteiger partial charge in [0.2, 0.25) is 0 Å². The fourth-order valence-corrected chi connectivity index (χ4v) is 2.36. The molecule has 10 heavy (non-hydrogen) atoms. The van der Waals surface area contributed by atoms with Crippen LogP contribution >= 0.6 is 27.3 Å². The second-order valence-electron chi connectivity index (χ2n) is 1.94. The molecule has 1 nitrogen and oxygen atoms in total. The Morgan fingerprint density at radius 3 is 2.90 bits per heavy atom. The third-order valence-corrected chi connectivity index (χ3v) is 3.26. The molecule has 0 saturated heterocycles. The highest BCUT2D eigenvalue weighted by atomic mass is 79.9. The van der Waals surface area contributed by atoms with Crippen molar-refractivity contribution < 1.29 is 0 Å². The van der Waals surface area contributed by atoms with Gasteiger partial charge in [-0.25, -0.2) is 6.57 Å². The van der Waals surface area contributed by atoms with E-state index in [0.717, 1.165) is 9.35 Å². The standard InChI is InChI=1S/C7H6BrNS/c1-5(9-2)7-6(8)3-4-10-7/h3-5H,1H3. The van der Waals surface area contributed by atoms with Crippen LogP contribution in [0.25, 0.3) is 4.85 Å². The van der Waals surface area contributed by atoms with Crippen molar-refractivity contribution in [3.63, 3.8) is 0 Å². The van der Waals surface area contributed by atoms with Gasteiger partial charge in [-0.3, -0.25) is 0 Å². The van der Waals surface area contributed by atoms with Gasteiger partial charge in [0.1, 0.15) is 4.88 Å². The lowest BCUT2D eigenvalue weighted by atomic mass is 10.3. The van der Waals surface area contributed by atoms with Gasteiger partial charge in [0.05, 0.1) is 0 Å². The molecule has 1 heterocycles. The zero-order valence-corrected chi connectivity index (χ0v) is 7.87. The SMILES string of the molecule is [C-]#[N+]C(C)c1sccc1Br. The fraction of sp³-hybridized carbons (Fsp3) is 0.286. The first-order valence-electron chi connectivity index (χ1n) is 2.85. The maximum Gasteiger partial charge on any atom is 0.256 e. The molecule has 0 N–H and O–H groups in total. The number of halogens is 1. The molecule has 0 aliphatic rings. The van der Waals surface area contributed by atoms with Gasteiger partial charge in [-0.2, -0.15) is 0 Å². The normalized spacial score (nSPS) is 12.5. The molecule has 0 fully saturated rings. The van der Waals surface area contributed by atoms with Crippen LogP contribution < -0.4 is 0 Å². The molecule has 3 heteroatoms. The molecular weight excluding hydrogens is 210 g/mol. The van der Waals surface area contributed by atoms with Crippen LogP contribution in [-0.2, 0) is 0 Å². The Balaban J connectivity index is 2.96. The van der Waals surface area contributed by atoms with Crippen molar-refractivity contribution in [3.05, 3.63) is 32.2 Å². The third kappa shape index (κ3) is 1.39. The van der Waals surface area contributed by atoms with E-state index in [1.807, 2.05) is 18.4 Å². The molecule has 0 spiro atoms. The second kappa shape index (κ2) is 3.18. The van der Waals surface area contributed by atoms with Gasteiger partial charge >= 0.3 is 0 Å². The molecule has 1 rings (SSSR count). The highest BCUT2D eigenvalue weighted by Gasteiger charge is 2.12. The van der Waals surface area contributed by atoms with E-state index in [2.05, 4.69) is 20.8 Å². The van der Waals surface area contributed by atoms with E-state index in [1.165, 1.54) is 0 Å². The predicted octanol–water partition coefficient (Wildman–Crippen LogP) is 3.49. The Bertz CT molecular complexity index is 261. The quantitative estimate of drug-likeness (QED) is 0.633. The van der Waals surface area contributed by atoms with Crippen LogP contribution in [-0.4, -0.2) is 0 Å². The van der Waals surface area contributed by atoms with Crippen molar-refractivity contribution in [3.8, 4) is 0 Å². The zero-order chi connectivity index (χ0) is 7.56. The molecule has 1 aromatic rings.